The SMILES string of the molecule is CC.Cc1ccc(-n2cc(COC(=O)C(C)c3ccc(CC(C)C)cc3)nn2)cc1. The number of aromatic nitrogens is 3. The molecule has 160 valence electrons. The van der Waals surface area contributed by atoms with E-state index in [0.717, 1.165) is 17.7 Å². The van der Waals surface area contributed by atoms with Gasteiger partial charge in [0.2, 0.25) is 0 Å². The molecule has 1 aromatic heterocycles. The highest BCUT2D eigenvalue weighted by Crippen LogP contribution is 2.19. The minimum Gasteiger partial charge on any atom is -0.459 e. The first kappa shape index (κ1) is 23.3. The maximum absolute atomic E-state index is 12.4. The van der Waals surface area contributed by atoms with Gasteiger partial charge in [0.25, 0.3) is 0 Å². The number of ether oxygens (including phenoxy) is 1. The lowest BCUT2D eigenvalue weighted by atomic mass is 9.97. The number of benzene rings is 2. The summed E-state index contributed by atoms with van der Waals surface area (Å²) in [4.78, 5) is 12.4. The molecule has 1 atom stereocenters. The van der Waals surface area contributed by atoms with E-state index in [2.05, 4.69) is 36.3 Å². The predicted molar refractivity (Wildman–Crippen MR) is 121 cm³/mol. The summed E-state index contributed by atoms with van der Waals surface area (Å²) >= 11 is 0. The number of esters is 1. The number of aryl methyl sites for hydroxylation is 1. The second-order valence-corrected chi connectivity index (χ2v) is 7.66. The zero-order valence-corrected chi connectivity index (χ0v) is 18.9. The van der Waals surface area contributed by atoms with Gasteiger partial charge in [-0.1, -0.05) is 74.9 Å². The molecule has 0 spiro atoms. The normalized spacial score (nSPS) is 11.6. The molecule has 0 aliphatic heterocycles. The fourth-order valence-electron chi connectivity index (χ4n) is 3.01. The fraction of sp³-hybridized carbons (Fsp3) is 0.400. The standard InChI is InChI=1S/C23H27N3O2.C2H6/c1-16(2)13-19-7-9-20(10-8-19)18(4)23(27)28-15-21-14-26(25-24-21)22-11-5-17(3)6-12-22;1-2/h5-12,14,16,18H,13,15H2,1-4H3;1-2H3. The Hall–Kier alpha value is -2.95. The molecule has 5 nitrogen and oxygen atoms in total. The molecule has 0 fully saturated rings. The molecule has 1 unspecified atom stereocenters. The van der Waals surface area contributed by atoms with Gasteiger partial charge in [-0.15, -0.1) is 5.10 Å². The van der Waals surface area contributed by atoms with Crippen LogP contribution in [-0.2, 0) is 22.6 Å². The van der Waals surface area contributed by atoms with Crippen LogP contribution in [0.3, 0.4) is 0 Å². The van der Waals surface area contributed by atoms with Crippen LogP contribution in [0.15, 0.2) is 54.7 Å². The van der Waals surface area contributed by atoms with Crippen molar-refractivity contribution in [3.63, 3.8) is 0 Å². The van der Waals surface area contributed by atoms with Gasteiger partial charge in [0.15, 0.2) is 0 Å². The third-order valence-electron chi connectivity index (χ3n) is 4.68. The molecular weight excluding hydrogens is 374 g/mol. The van der Waals surface area contributed by atoms with E-state index in [9.17, 15) is 4.79 Å². The summed E-state index contributed by atoms with van der Waals surface area (Å²) in [5, 5.41) is 8.20. The van der Waals surface area contributed by atoms with Crippen molar-refractivity contribution in [2.75, 3.05) is 0 Å². The van der Waals surface area contributed by atoms with Crippen LogP contribution in [0.1, 0.15) is 62.9 Å². The third-order valence-corrected chi connectivity index (χ3v) is 4.68. The molecule has 30 heavy (non-hydrogen) atoms. The molecule has 3 aromatic rings. The molecule has 2 aromatic carbocycles. The highest BCUT2D eigenvalue weighted by Gasteiger charge is 2.17. The minimum absolute atomic E-state index is 0.112. The van der Waals surface area contributed by atoms with E-state index in [1.165, 1.54) is 11.1 Å². The summed E-state index contributed by atoms with van der Waals surface area (Å²) in [7, 11) is 0. The van der Waals surface area contributed by atoms with Gasteiger partial charge in [-0.3, -0.25) is 4.79 Å². The maximum Gasteiger partial charge on any atom is 0.313 e. The Morgan fingerprint density at radius 1 is 1.00 bits per heavy atom. The van der Waals surface area contributed by atoms with Crippen LogP contribution < -0.4 is 0 Å². The molecular formula is C25H33N3O2. The van der Waals surface area contributed by atoms with Crippen molar-refractivity contribution in [1.82, 2.24) is 15.0 Å². The van der Waals surface area contributed by atoms with Gasteiger partial charge in [0.1, 0.15) is 12.3 Å². The fourth-order valence-corrected chi connectivity index (χ4v) is 3.01. The van der Waals surface area contributed by atoms with Crippen LogP contribution in [0.2, 0.25) is 0 Å². The number of hydrogen-bond acceptors (Lipinski definition) is 4. The molecule has 0 saturated carbocycles. The van der Waals surface area contributed by atoms with Crippen LogP contribution in [0.25, 0.3) is 5.69 Å². The maximum atomic E-state index is 12.4. The van der Waals surface area contributed by atoms with Gasteiger partial charge in [0.05, 0.1) is 17.8 Å². The van der Waals surface area contributed by atoms with E-state index in [-0.39, 0.29) is 18.5 Å². The zero-order chi connectivity index (χ0) is 22.1. The Labute approximate surface area is 180 Å². The van der Waals surface area contributed by atoms with Crippen molar-refractivity contribution in [2.24, 2.45) is 5.92 Å². The molecule has 0 amide bonds. The Morgan fingerprint density at radius 2 is 1.63 bits per heavy atom. The summed E-state index contributed by atoms with van der Waals surface area (Å²) in [6.45, 7) is 12.4. The number of carbonyl (C=O) groups is 1. The van der Waals surface area contributed by atoms with Crippen molar-refractivity contribution in [3.05, 3.63) is 77.1 Å². The highest BCUT2D eigenvalue weighted by molar-refractivity contribution is 5.77. The summed E-state index contributed by atoms with van der Waals surface area (Å²) in [6.07, 6.45) is 2.82. The summed E-state index contributed by atoms with van der Waals surface area (Å²) in [6, 6.07) is 16.2. The lowest BCUT2D eigenvalue weighted by Gasteiger charge is -2.12. The smallest absolute Gasteiger partial charge is 0.313 e. The van der Waals surface area contributed by atoms with Crippen LogP contribution >= 0.6 is 0 Å². The molecule has 0 aliphatic rings. The molecule has 0 saturated heterocycles. The van der Waals surface area contributed by atoms with Gasteiger partial charge in [-0.2, -0.15) is 0 Å². The zero-order valence-electron chi connectivity index (χ0n) is 18.9. The van der Waals surface area contributed by atoms with Gasteiger partial charge < -0.3 is 4.74 Å². The topological polar surface area (TPSA) is 57.0 Å². The van der Waals surface area contributed by atoms with Crippen molar-refractivity contribution in [3.8, 4) is 5.69 Å². The summed E-state index contributed by atoms with van der Waals surface area (Å²) in [5.74, 6) is 0.0308. The van der Waals surface area contributed by atoms with Crippen molar-refractivity contribution < 1.29 is 9.53 Å². The molecule has 0 radical (unpaired) electrons. The van der Waals surface area contributed by atoms with Crippen molar-refractivity contribution in [1.29, 1.82) is 0 Å². The lowest BCUT2D eigenvalue weighted by Crippen LogP contribution is -2.13. The number of hydrogen-bond donors (Lipinski definition) is 0. The van der Waals surface area contributed by atoms with Crippen LogP contribution in [0.4, 0.5) is 0 Å². The molecule has 3 rings (SSSR count). The number of rotatable bonds is 7. The van der Waals surface area contributed by atoms with E-state index >= 15 is 0 Å². The van der Waals surface area contributed by atoms with Gasteiger partial charge in [-0.25, -0.2) is 4.68 Å². The largest absolute Gasteiger partial charge is 0.459 e. The van der Waals surface area contributed by atoms with Crippen molar-refractivity contribution >= 4 is 5.97 Å². The van der Waals surface area contributed by atoms with E-state index in [4.69, 9.17) is 4.74 Å². The first-order valence-electron chi connectivity index (χ1n) is 10.7. The Morgan fingerprint density at radius 3 is 2.23 bits per heavy atom. The lowest BCUT2D eigenvalue weighted by molar-refractivity contribution is -0.146. The summed E-state index contributed by atoms with van der Waals surface area (Å²) in [5.41, 5.74) is 4.97. The second kappa shape index (κ2) is 11.3. The third kappa shape index (κ3) is 6.55. The minimum atomic E-state index is -0.319. The van der Waals surface area contributed by atoms with Crippen LogP contribution in [-0.4, -0.2) is 21.0 Å². The van der Waals surface area contributed by atoms with Crippen molar-refractivity contribution in [2.45, 2.75) is 60.5 Å². The van der Waals surface area contributed by atoms with Gasteiger partial charge in [-0.05, 0) is 49.4 Å². The predicted octanol–water partition coefficient (Wildman–Crippen LogP) is 5.65. The number of carbonyl (C=O) groups excluding carboxylic acids is 1. The monoisotopic (exact) mass is 407 g/mol. The van der Waals surface area contributed by atoms with Crippen LogP contribution in [0.5, 0.6) is 0 Å². The van der Waals surface area contributed by atoms with E-state index in [1.54, 1.807) is 10.9 Å². The van der Waals surface area contributed by atoms with E-state index in [0.29, 0.717) is 11.6 Å². The molecule has 1 heterocycles. The molecule has 0 N–H and O–H groups in total. The van der Waals surface area contributed by atoms with E-state index in [1.807, 2.05) is 64.1 Å². The first-order chi connectivity index (χ1) is 14.4. The highest BCUT2D eigenvalue weighted by atomic mass is 16.5. The quantitative estimate of drug-likeness (QED) is 0.475. The first-order valence-corrected chi connectivity index (χ1v) is 10.7. The second-order valence-electron chi connectivity index (χ2n) is 7.66. The van der Waals surface area contributed by atoms with Crippen LogP contribution in [0, 0.1) is 12.8 Å². The average Bonchev–Trinajstić information content (AvgIpc) is 3.22. The van der Waals surface area contributed by atoms with E-state index < -0.39 is 0 Å². The molecule has 5 heteroatoms. The Balaban J connectivity index is 0.00000155. The molecule has 0 bridgehead atoms. The Bertz CT molecular complexity index is 912. The van der Waals surface area contributed by atoms with Gasteiger partial charge >= 0.3 is 5.97 Å². The summed E-state index contributed by atoms with van der Waals surface area (Å²) < 4.78 is 7.13. The Kier molecular flexibility index (Phi) is 8.78. The molecule has 0 aliphatic carbocycles. The van der Waals surface area contributed by atoms with Gasteiger partial charge in [0, 0.05) is 0 Å². The average molecular weight is 408 g/mol. The number of nitrogens with zero attached hydrogens (tertiary/aromatic N) is 3.